The number of benzene rings is 1. The van der Waals surface area contributed by atoms with Crippen LogP contribution in [0.3, 0.4) is 0 Å². The molecular weight excluding hydrogens is 216 g/mol. The molecule has 1 rings (SSSR count). The lowest BCUT2D eigenvalue weighted by Gasteiger charge is -2.35. The van der Waals surface area contributed by atoms with E-state index in [2.05, 4.69) is 0 Å². The second-order valence-corrected chi connectivity index (χ2v) is 5.04. The van der Waals surface area contributed by atoms with Crippen LogP contribution in [0.15, 0.2) is 24.3 Å². The zero-order chi connectivity index (χ0) is 13.1. The summed E-state index contributed by atoms with van der Waals surface area (Å²) in [5, 5.41) is 19.3. The Morgan fingerprint density at radius 3 is 2.59 bits per heavy atom. The molecule has 0 aliphatic heterocycles. The molecule has 0 aliphatic rings. The molecule has 0 amide bonds. The van der Waals surface area contributed by atoms with Crippen LogP contribution < -0.4 is 5.73 Å². The minimum atomic E-state index is -0.602. The lowest BCUT2D eigenvalue weighted by Crippen LogP contribution is -2.46. The minimum Gasteiger partial charge on any atom is -0.399 e. The number of nitrogen functional groups attached to an aromatic ring is 1. The van der Waals surface area contributed by atoms with Gasteiger partial charge in [-0.1, -0.05) is 12.1 Å². The molecule has 0 bridgehead atoms. The molecule has 17 heavy (non-hydrogen) atoms. The molecule has 0 aromatic heterocycles. The minimum absolute atomic E-state index is 0.0488. The smallest absolute Gasteiger partial charge is 0.0917 e. The van der Waals surface area contributed by atoms with Crippen LogP contribution in [0.25, 0.3) is 0 Å². The topological polar surface area (TPSA) is 69.7 Å². The van der Waals surface area contributed by atoms with Crippen molar-refractivity contribution < 1.29 is 10.2 Å². The van der Waals surface area contributed by atoms with E-state index >= 15 is 0 Å². The van der Waals surface area contributed by atoms with E-state index in [1.165, 1.54) is 0 Å². The van der Waals surface area contributed by atoms with Crippen molar-refractivity contribution in [2.45, 2.75) is 25.5 Å². The van der Waals surface area contributed by atoms with Crippen molar-refractivity contribution in [1.82, 2.24) is 4.90 Å². The molecule has 4 heteroatoms. The Morgan fingerprint density at radius 2 is 2.06 bits per heavy atom. The lowest BCUT2D eigenvalue weighted by atomic mass is 10.0. The number of hydrogen-bond donors (Lipinski definition) is 3. The largest absolute Gasteiger partial charge is 0.399 e. The molecule has 4 nitrogen and oxygen atoms in total. The Labute approximate surface area is 103 Å². The fourth-order valence-corrected chi connectivity index (χ4v) is 1.50. The van der Waals surface area contributed by atoms with Gasteiger partial charge >= 0.3 is 0 Å². The summed E-state index contributed by atoms with van der Waals surface area (Å²) < 4.78 is 0. The second kappa shape index (κ2) is 5.49. The summed E-state index contributed by atoms with van der Waals surface area (Å²) in [4.78, 5) is 1.93. The zero-order valence-electron chi connectivity index (χ0n) is 10.7. The lowest BCUT2D eigenvalue weighted by molar-refractivity contribution is 0.0360. The van der Waals surface area contributed by atoms with Crippen LogP contribution in [0.5, 0.6) is 0 Å². The summed E-state index contributed by atoms with van der Waals surface area (Å²) in [6.45, 7) is 4.36. The van der Waals surface area contributed by atoms with Gasteiger partial charge in [0.1, 0.15) is 0 Å². The zero-order valence-corrected chi connectivity index (χ0v) is 10.7. The monoisotopic (exact) mass is 238 g/mol. The fourth-order valence-electron chi connectivity index (χ4n) is 1.50. The van der Waals surface area contributed by atoms with Crippen molar-refractivity contribution in [3.63, 3.8) is 0 Å². The Hall–Kier alpha value is -1.10. The van der Waals surface area contributed by atoms with Crippen molar-refractivity contribution in [2.75, 3.05) is 25.9 Å². The van der Waals surface area contributed by atoms with Crippen LogP contribution in [0, 0.1) is 0 Å². The molecule has 4 N–H and O–H groups in total. The summed E-state index contributed by atoms with van der Waals surface area (Å²) in [7, 11) is 1.88. The summed E-state index contributed by atoms with van der Waals surface area (Å²) in [6, 6.07) is 7.23. The maximum Gasteiger partial charge on any atom is 0.0917 e. The van der Waals surface area contributed by atoms with Gasteiger partial charge in [-0.3, -0.25) is 4.90 Å². The van der Waals surface area contributed by atoms with E-state index in [0.717, 1.165) is 5.56 Å². The molecule has 96 valence electrons. The first-order valence-corrected chi connectivity index (χ1v) is 5.72. The van der Waals surface area contributed by atoms with E-state index in [4.69, 9.17) is 5.73 Å². The first kappa shape index (κ1) is 14.0. The SMILES string of the molecule is CN(CC(O)c1cccc(N)c1)C(C)(C)CO. The molecular formula is C13H22N2O2. The van der Waals surface area contributed by atoms with Gasteiger partial charge in [0.05, 0.1) is 12.7 Å². The first-order valence-electron chi connectivity index (χ1n) is 5.72. The van der Waals surface area contributed by atoms with Crippen molar-refractivity contribution in [2.24, 2.45) is 0 Å². The number of rotatable bonds is 5. The van der Waals surface area contributed by atoms with Gasteiger partial charge in [0.2, 0.25) is 0 Å². The Balaban J connectivity index is 2.69. The third-order valence-electron chi connectivity index (χ3n) is 3.16. The van der Waals surface area contributed by atoms with E-state index in [-0.39, 0.29) is 12.1 Å². The third-order valence-corrected chi connectivity index (χ3v) is 3.16. The molecule has 1 aromatic rings. The molecule has 0 spiro atoms. The van der Waals surface area contributed by atoms with Crippen LogP contribution in [0.2, 0.25) is 0 Å². The number of anilines is 1. The molecule has 1 aromatic carbocycles. The van der Waals surface area contributed by atoms with Crippen molar-refractivity contribution in [1.29, 1.82) is 0 Å². The molecule has 1 atom stereocenters. The van der Waals surface area contributed by atoms with E-state index in [0.29, 0.717) is 12.2 Å². The normalized spacial score (nSPS) is 14.0. The number of aliphatic hydroxyl groups excluding tert-OH is 2. The van der Waals surface area contributed by atoms with Crippen molar-refractivity contribution in [3.8, 4) is 0 Å². The maximum absolute atomic E-state index is 10.1. The van der Waals surface area contributed by atoms with Gasteiger partial charge in [0.15, 0.2) is 0 Å². The highest BCUT2D eigenvalue weighted by atomic mass is 16.3. The average molecular weight is 238 g/mol. The summed E-state index contributed by atoms with van der Waals surface area (Å²) in [5.74, 6) is 0. The number of nitrogens with zero attached hydrogens (tertiary/aromatic N) is 1. The molecule has 0 fully saturated rings. The van der Waals surface area contributed by atoms with Gasteiger partial charge in [-0.15, -0.1) is 0 Å². The highest BCUT2D eigenvalue weighted by Crippen LogP contribution is 2.20. The van der Waals surface area contributed by atoms with Gasteiger partial charge in [-0.2, -0.15) is 0 Å². The van der Waals surface area contributed by atoms with E-state index in [9.17, 15) is 10.2 Å². The highest BCUT2D eigenvalue weighted by Gasteiger charge is 2.24. The Bertz CT molecular complexity index is 366. The first-order chi connectivity index (χ1) is 7.86. The van der Waals surface area contributed by atoms with Gasteiger partial charge in [0.25, 0.3) is 0 Å². The predicted octanol–water partition coefficient (Wildman–Crippen LogP) is 1.00. The molecule has 0 radical (unpaired) electrons. The number of β-amino-alcohol motifs (C(OH)–C–C–N with tert-alkyl or cyclic N) is 1. The Morgan fingerprint density at radius 1 is 1.41 bits per heavy atom. The number of hydrogen-bond acceptors (Lipinski definition) is 4. The van der Waals surface area contributed by atoms with Gasteiger partial charge in [0, 0.05) is 17.8 Å². The van der Waals surface area contributed by atoms with Gasteiger partial charge < -0.3 is 15.9 Å². The third kappa shape index (κ3) is 3.70. The summed E-state index contributed by atoms with van der Waals surface area (Å²) in [5.41, 5.74) is 6.77. The van der Waals surface area contributed by atoms with E-state index < -0.39 is 6.10 Å². The number of likely N-dealkylation sites (N-methyl/N-ethyl adjacent to an activating group) is 1. The van der Waals surface area contributed by atoms with E-state index in [1.54, 1.807) is 12.1 Å². The van der Waals surface area contributed by atoms with Crippen LogP contribution in [-0.4, -0.2) is 40.9 Å². The van der Waals surface area contributed by atoms with Crippen LogP contribution in [0.1, 0.15) is 25.5 Å². The van der Waals surface area contributed by atoms with Crippen LogP contribution in [0.4, 0.5) is 5.69 Å². The average Bonchev–Trinajstić information content (AvgIpc) is 2.28. The molecule has 0 aliphatic carbocycles. The van der Waals surface area contributed by atoms with Gasteiger partial charge in [-0.05, 0) is 38.6 Å². The Kier molecular flexibility index (Phi) is 4.51. The van der Waals surface area contributed by atoms with Crippen molar-refractivity contribution >= 4 is 5.69 Å². The van der Waals surface area contributed by atoms with Crippen molar-refractivity contribution in [3.05, 3.63) is 29.8 Å². The van der Waals surface area contributed by atoms with Gasteiger partial charge in [-0.25, -0.2) is 0 Å². The molecule has 0 saturated heterocycles. The number of aliphatic hydroxyl groups is 2. The second-order valence-electron chi connectivity index (χ2n) is 5.04. The highest BCUT2D eigenvalue weighted by molar-refractivity contribution is 5.41. The predicted molar refractivity (Wildman–Crippen MR) is 69.6 cm³/mol. The quantitative estimate of drug-likeness (QED) is 0.669. The fraction of sp³-hybridized carbons (Fsp3) is 0.538. The standard InChI is InChI=1S/C13H22N2O2/c1-13(2,9-16)15(3)8-12(17)10-5-4-6-11(14)7-10/h4-7,12,16-17H,8-9,14H2,1-3H3. The van der Waals surface area contributed by atoms with E-state index in [1.807, 2.05) is 37.9 Å². The summed E-state index contributed by atoms with van der Waals surface area (Å²) in [6.07, 6.45) is -0.602. The molecule has 0 saturated carbocycles. The molecule has 0 heterocycles. The maximum atomic E-state index is 10.1. The van der Waals surface area contributed by atoms with Crippen LogP contribution in [-0.2, 0) is 0 Å². The van der Waals surface area contributed by atoms with Crippen LogP contribution >= 0.6 is 0 Å². The number of nitrogens with two attached hydrogens (primary N) is 1. The molecule has 1 unspecified atom stereocenters. The summed E-state index contributed by atoms with van der Waals surface area (Å²) >= 11 is 0.